The van der Waals surface area contributed by atoms with Gasteiger partial charge in [0.1, 0.15) is 11.4 Å². The molecule has 0 aliphatic heterocycles. The lowest BCUT2D eigenvalue weighted by atomic mass is 9.99. The van der Waals surface area contributed by atoms with Crippen LogP contribution < -0.4 is 5.32 Å². The topological polar surface area (TPSA) is 79.5 Å². The fourth-order valence-electron chi connectivity index (χ4n) is 3.26. The van der Waals surface area contributed by atoms with Crippen molar-refractivity contribution in [2.24, 2.45) is 0 Å². The lowest BCUT2D eigenvalue weighted by molar-refractivity contribution is 0.0696. The first-order valence-corrected chi connectivity index (χ1v) is 9.37. The van der Waals surface area contributed by atoms with Crippen LogP contribution >= 0.6 is 0 Å². The Labute approximate surface area is 171 Å². The third-order valence-electron chi connectivity index (χ3n) is 4.83. The number of aromatic carboxylic acids is 1. The number of fused-ring (bicyclic) bond motifs is 1. The van der Waals surface area contributed by atoms with Gasteiger partial charge in [-0.05, 0) is 54.1 Å². The minimum atomic E-state index is -1.02. The van der Waals surface area contributed by atoms with E-state index in [1.807, 2.05) is 18.2 Å². The monoisotopic (exact) mass is 403 g/mol. The highest BCUT2D eigenvalue weighted by molar-refractivity contribution is 5.98. The van der Waals surface area contributed by atoms with Gasteiger partial charge in [0.15, 0.2) is 11.5 Å². The number of anilines is 1. The quantitative estimate of drug-likeness (QED) is 0.387. The van der Waals surface area contributed by atoms with Crippen molar-refractivity contribution in [3.05, 3.63) is 102 Å². The Balaban J connectivity index is 1.60. The second-order valence-electron chi connectivity index (χ2n) is 6.91. The molecule has 1 heterocycles. The molecule has 1 atom stereocenters. The first kappa shape index (κ1) is 19.4. The Morgan fingerprint density at radius 1 is 0.967 bits per heavy atom. The van der Waals surface area contributed by atoms with E-state index in [-0.39, 0.29) is 29.3 Å². The average Bonchev–Trinajstić information content (AvgIpc) is 3.19. The number of nitrogens with one attached hydrogen (secondary N) is 1. The molecule has 0 saturated carbocycles. The van der Waals surface area contributed by atoms with E-state index in [9.17, 15) is 14.0 Å². The standard InChI is InChI=1S/C24H18FNO4/c25-18-9-5-15(6-10-18)20(26-19-11-7-16(8-12-19)24(28)29)14-21(27)23-13-17-3-1-2-4-22(17)30-23/h1-13,20,26H,14H2,(H,28,29). The molecule has 0 spiro atoms. The van der Waals surface area contributed by atoms with Crippen LogP contribution in [0.15, 0.2) is 83.3 Å². The van der Waals surface area contributed by atoms with E-state index in [0.717, 1.165) is 10.9 Å². The lowest BCUT2D eigenvalue weighted by Gasteiger charge is -2.20. The molecule has 0 saturated heterocycles. The van der Waals surface area contributed by atoms with Gasteiger partial charge < -0.3 is 14.8 Å². The largest absolute Gasteiger partial charge is 0.478 e. The van der Waals surface area contributed by atoms with Gasteiger partial charge in [0.25, 0.3) is 0 Å². The summed E-state index contributed by atoms with van der Waals surface area (Å²) in [5.41, 5.74) is 2.17. The van der Waals surface area contributed by atoms with Crippen LogP contribution in [0.2, 0.25) is 0 Å². The summed E-state index contributed by atoms with van der Waals surface area (Å²) in [6.07, 6.45) is 0.0755. The van der Waals surface area contributed by atoms with Crippen molar-refractivity contribution in [3.8, 4) is 0 Å². The van der Waals surface area contributed by atoms with E-state index in [1.54, 1.807) is 36.4 Å². The number of carboxylic acids is 1. The summed E-state index contributed by atoms with van der Waals surface area (Å²) in [6, 6.07) is 20.8. The summed E-state index contributed by atoms with van der Waals surface area (Å²) >= 11 is 0. The summed E-state index contributed by atoms with van der Waals surface area (Å²) in [5, 5.41) is 13.1. The van der Waals surface area contributed by atoms with Crippen molar-refractivity contribution in [1.29, 1.82) is 0 Å². The fourth-order valence-corrected chi connectivity index (χ4v) is 3.26. The van der Waals surface area contributed by atoms with Crippen LogP contribution in [0.3, 0.4) is 0 Å². The maximum atomic E-state index is 13.4. The molecule has 0 radical (unpaired) electrons. The van der Waals surface area contributed by atoms with E-state index in [4.69, 9.17) is 9.52 Å². The Morgan fingerprint density at radius 3 is 2.33 bits per heavy atom. The smallest absolute Gasteiger partial charge is 0.335 e. The Hall–Kier alpha value is -3.93. The van der Waals surface area contributed by atoms with Crippen LogP contribution in [-0.2, 0) is 0 Å². The number of para-hydroxylation sites is 1. The molecule has 4 rings (SSSR count). The van der Waals surface area contributed by atoms with Crippen LogP contribution in [0.1, 0.15) is 38.9 Å². The number of furan rings is 1. The van der Waals surface area contributed by atoms with E-state index in [0.29, 0.717) is 11.3 Å². The number of carbonyl (C=O) groups is 2. The number of rotatable bonds is 7. The predicted octanol–water partition coefficient (Wildman–Crippen LogP) is 5.70. The third kappa shape index (κ3) is 4.22. The molecule has 0 aliphatic carbocycles. The lowest BCUT2D eigenvalue weighted by Crippen LogP contribution is -2.15. The summed E-state index contributed by atoms with van der Waals surface area (Å²) in [4.78, 5) is 24.0. The van der Waals surface area contributed by atoms with Crippen LogP contribution in [0.5, 0.6) is 0 Å². The zero-order valence-electron chi connectivity index (χ0n) is 15.8. The van der Waals surface area contributed by atoms with Crippen LogP contribution in [-0.4, -0.2) is 16.9 Å². The Bertz CT molecular complexity index is 1160. The van der Waals surface area contributed by atoms with Gasteiger partial charge in [0.05, 0.1) is 11.6 Å². The summed E-state index contributed by atoms with van der Waals surface area (Å²) in [5.74, 6) is -1.33. The highest BCUT2D eigenvalue weighted by atomic mass is 19.1. The van der Waals surface area contributed by atoms with Crippen molar-refractivity contribution in [2.45, 2.75) is 12.5 Å². The van der Waals surface area contributed by atoms with Crippen molar-refractivity contribution in [1.82, 2.24) is 0 Å². The zero-order chi connectivity index (χ0) is 21.1. The van der Waals surface area contributed by atoms with E-state index < -0.39 is 12.0 Å². The third-order valence-corrected chi connectivity index (χ3v) is 4.83. The highest BCUT2D eigenvalue weighted by Gasteiger charge is 2.20. The van der Waals surface area contributed by atoms with Gasteiger partial charge in [-0.15, -0.1) is 0 Å². The molecule has 4 aromatic rings. The Morgan fingerprint density at radius 2 is 1.67 bits per heavy atom. The van der Waals surface area contributed by atoms with Crippen molar-refractivity contribution < 1.29 is 23.5 Å². The molecule has 0 fully saturated rings. The van der Waals surface area contributed by atoms with Gasteiger partial charge in [-0.1, -0.05) is 30.3 Å². The normalized spacial score (nSPS) is 11.9. The average molecular weight is 403 g/mol. The van der Waals surface area contributed by atoms with Crippen LogP contribution in [0, 0.1) is 5.82 Å². The number of carboxylic acid groups (broad SMARTS) is 1. The molecular formula is C24H18FNO4. The molecule has 2 N–H and O–H groups in total. The van der Waals surface area contributed by atoms with Gasteiger partial charge in [0, 0.05) is 17.5 Å². The van der Waals surface area contributed by atoms with Gasteiger partial charge in [-0.2, -0.15) is 0 Å². The maximum absolute atomic E-state index is 13.4. The summed E-state index contributed by atoms with van der Waals surface area (Å²) in [6.45, 7) is 0. The molecule has 0 aliphatic rings. The summed E-state index contributed by atoms with van der Waals surface area (Å²) < 4.78 is 19.1. The fraction of sp³-hybridized carbons (Fsp3) is 0.0833. The van der Waals surface area contributed by atoms with Crippen LogP contribution in [0.4, 0.5) is 10.1 Å². The zero-order valence-corrected chi connectivity index (χ0v) is 15.8. The minimum Gasteiger partial charge on any atom is -0.478 e. The molecule has 30 heavy (non-hydrogen) atoms. The molecule has 1 unspecified atom stereocenters. The van der Waals surface area contributed by atoms with Gasteiger partial charge in [-0.3, -0.25) is 4.79 Å². The molecular weight excluding hydrogens is 385 g/mol. The molecule has 3 aromatic carbocycles. The van der Waals surface area contributed by atoms with Crippen LogP contribution in [0.25, 0.3) is 11.0 Å². The second kappa shape index (κ2) is 8.21. The molecule has 6 heteroatoms. The first-order chi connectivity index (χ1) is 14.5. The highest BCUT2D eigenvalue weighted by Crippen LogP contribution is 2.27. The van der Waals surface area contributed by atoms with E-state index in [1.165, 1.54) is 24.3 Å². The van der Waals surface area contributed by atoms with Crippen molar-refractivity contribution in [3.63, 3.8) is 0 Å². The number of hydrogen-bond donors (Lipinski definition) is 2. The van der Waals surface area contributed by atoms with Gasteiger partial charge >= 0.3 is 5.97 Å². The maximum Gasteiger partial charge on any atom is 0.335 e. The summed E-state index contributed by atoms with van der Waals surface area (Å²) in [7, 11) is 0. The molecule has 0 bridgehead atoms. The van der Waals surface area contributed by atoms with E-state index >= 15 is 0 Å². The number of Topliss-reactive ketones (excluding diaryl/α,β-unsaturated/α-hetero) is 1. The number of ketones is 1. The number of halogens is 1. The molecule has 5 nitrogen and oxygen atoms in total. The number of carbonyl (C=O) groups excluding carboxylic acids is 1. The van der Waals surface area contributed by atoms with Gasteiger partial charge in [-0.25, -0.2) is 9.18 Å². The Kier molecular flexibility index (Phi) is 5.30. The molecule has 0 amide bonds. The van der Waals surface area contributed by atoms with Gasteiger partial charge in [0.2, 0.25) is 0 Å². The molecule has 1 aromatic heterocycles. The predicted molar refractivity (Wildman–Crippen MR) is 111 cm³/mol. The number of benzene rings is 3. The second-order valence-corrected chi connectivity index (χ2v) is 6.91. The molecule has 150 valence electrons. The number of hydrogen-bond acceptors (Lipinski definition) is 4. The first-order valence-electron chi connectivity index (χ1n) is 9.37. The SMILES string of the molecule is O=C(O)c1ccc(NC(CC(=O)c2cc3ccccc3o2)c2ccc(F)cc2)cc1. The van der Waals surface area contributed by atoms with Crippen molar-refractivity contribution >= 4 is 28.4 Å². The van der Waals surface area contributed by atoms with Crippen molar-refractivity contribution in [2.75, 3.05) is 5.32 Å². The minimum absolute atomic E-state index is 0.0755. The van der Waals surface area contributed by atoms with E-state index in [2.05, 4.69) is 5.32 Å².